The Morgan fingerprint density at radius 1 is 0.792 bits per heavy atom. The quantitative estimate of drug-likeness (QED) is 0.160. The molecule has 2 aliphatic heterocycles. The van der Waals surface area contributed by atoms with Gasteiger partial charge in [-0.25, -0.2) is 9.36 Å². The van der Waals surface area contributed by atoms with Gasteiger partial charge in [0.2, 0.25) is 0 Å². The molecular weight excluding hydrogens is 762 g/mol. The molecule has 17 heteroatoms. The van der Waals surface area contributed by atoms with Gasteiger partial charge >= 0.3 is 10.1 Å². The van der Waals surface area contributed by atoms with Crippen LogP contribution in [-0.4, -0.2) is 38.3 Å². The van der Waals surface area contributed by atoms with E-state index in [0.717, 1.165) is 33.2 Å². The van der Waals surface area contributed by atoms with E-state index in [9.17, 15) is 17.8 Å². The van der Waals surface area contributed by atoms with Gasteiger partial charge in [-0.1, -0.05) is 46.4 Å². The summed E-state index contributed by atoms with van der Waals surface area (Å²) in [4.78, 5) is 15.2. The molecule has 4 aromatic heterocycles. The van der Waals surface area contributed by atoms with E-state index in [4.69, 9.17) is 66.1 Å². The predicted molar refractivity (Wildman–Crippen MR) is 185 cm³/mol. The number of Topliss-reactive ketones (excluding diaryl/α,β-unsaturated/α-hetero) is 1. The molecule has 0 saturated carbocycles. The second-order valence-electron chi connectivity index (χ2n) is 10.9. The Hall–Kier alpha value is -3.40. The topological polar surface area (TPSA) is 126 Å². The number of rotatable bonds is 7. The molecule has 0 amide bonds. The molecule has 6 heterocycles. The fourth-order valence-corrected chi connectivity index (χ4v) is 9.46. The standard InChI is InChI=1S/C31H18Cl4N4O6S3/c32-14-1-3-23(19(34)7-14)38-28-17(12-44-25-5-6-46-30(25)28)21(36-38)9-16(40)10-22-18-13-45-26-11-27(48(41,42)43)47-31(26)29(18)39(37-22)24-4-2-15(33)8-20(24)35/h1-8,11H,9-10,12-13H2,(H,41,42,43). The van der Waals surface area contributed by atoms with E-state index in [1.807, 2.05) is 11.4 Å². The highest BCUT2D eigenvalue weighted by Gasteiger charge is 2.34. The van der Waals surface area contributed by atoms with Crippen molar-refractivity contribution in [2.75, 3.05) is 0 Å². The van der Waals surface area contributed by atoms with Crippen molar-refractivity contribution >= 4 is 85.0 Å². The summed E-state index contributed by atoms with van der Waals surface area (Å²) < 4.78 is 48.6. The van der Waals surface area contributed by atoms with Gasteiger partial charge in [-0.3, -0.25) is 9.35 Å². The molecule has 244 valence electrons. The Labute approximate surface area is 300 Å². The van der Waals surface area contributed by atoms with Crippen molar-refractivity contribution in [1.82, 2.24) is 19.6 Å². The van der Waals surface area contributed by atoms with Crippen LogP contribution in [0.4, 0.5) is 0 Å². The van der Waals surface area contributed by atoms with Crippen LogP contribution in [0.25, 0.3) is 32.5 Å². The van der Waals surface area contributed by atoms with Crippen molar-refractivity contribution in [3.05, 3.63) is 96.5 Å². The third kappa shape index (κ3) is 5.42. The normalized spacial score (nSPS) is 13.3. The largest absolute Gasteiger partial charge is 0.487 e. The number of thiophene rings is 2. The first-order chi connectivity index (χ1) is 23.0. The van der Waals surface area contributed by atoms with Crippen LogP contribution in [0.5, 0.6) is 11.5 Å². The summed E-state index contributed by atoms with van der Waals surface area (Å²) in [5, 5.41) is 13.2. The van der Waals surface area contributed by atoms with Gasteiger partial charge in [-0.2, -0.15) is 18.6 Å². The van der Waals surface area contributed by atoms with E-state index in [0.29, 0.717) is 54.0 Å². The van der Waals surface area contributed by atoms with Gasteiger partial charge in [-0.05, 0) is 47.8 Å². The van der Waals surface area contributed by atoms with Gasteiger partial charge in [0.05, 0.1) is 66.8 Å². The van der Waals surface area contributed by atoms with Crippen LogP contribution in [-0.2, 0) is 41.0 Å². The van der Waals surface area contributed by atoms with Crippen molar-refractivity contribution in [3.8, 4) is 44.0 Å². The summed E-state index contributed by atoms with van der Waals surface area (Å²) in [5.74, 6) is 0.793. The fraction of sp³-hybridized carbons (Fsp3) is 0.129. The summed E-state index contributed by atoms with van der Waals surface area (Å²) in [6, 6.07) is 13.2. The van der Waals surface area contributed by atoms with E-state index >= 15 is 0 Å². The van der Waals surface area contributed by atoms with Crippen LogP contribution >= 0.6 is 69.1 Å². The lowest BCUT2D eigenvalue weighted by atomic mass is 10.0. The molecule has 0 bridgehead atoms. The Morgan fingerprint density at radius 2 is 1.33 bits per heavy atom. The third-order valence-corrected chi connectivity index (χ3v) is 12.3. The molecule has 8 rings (SSSR count). The Balaban J connectivity index is 1.20. The second-order valence-corrected chi connectivity index (χ2v) is 16.2. The number of hydrogen-bond donors (Lipinski definition) is 1. The predicted octanol–water partition coefficient (Wildman–Crippen LogP) is 8.51. The molecule has 0 atom stereocenters. The number of halogens is 4. The van der Waals surface area contributed by atoms with Crippen molar-refractivity contribution in [3.63, 3.8) is 0 Å². The number of carbonyl (C=O) groups is 1. The van der Waals surface area contributed by atoms with E-state index in [2.05, 4.69) is 0 Å². The molecule has 2 aromatic carbocycles. The lowest BCUT2D eigenvalue weighted by molar-refractivity contribution is -0.117. The minimum Gasteiger partial charge on any atom is -0.487 e. The highest BCUT2D eigenvalue weighted by Crippen LogP contribution is 2.48. The summed E-state index contributed by atoms with van der Waals surface area (Å²) in [6.07, 6.45) is -0.129. The lowest BCUT2D eigenvalue weighted by Gasteiger charge is -2.17. The van der Waals surface area contributed by atoms with Crippen LogP contribution in [0, 0.1) is 0 Å². The summed E-state index contributed by atoms with van der Waals surface area (Å²) >= 11 is 27.9. The number of hydrogen-bond acceptors (Lipinski definition) is 9. The van der Waals surface area contributed by atoms with Crippen LogP contribution in [0.15, 0.2) is 58.1 Å². The highest BCUT2D eigenvalue weighted by molar-refractivity contribution is 7.88. The summed E-state index contributed by atoms with van der Waals surface area (Å²) in [5.41, 5.74) is 4.67. The van der Waals surface area contributed by atoms with Crippen molar-refractivity contribution in [2.45, 2.75) is 30.3 Å². The molecule has 0 spiro atoms. The molecule has 2 aliphatic rings. The van der Waals surface area contributed by atoms with Crippen LogP contribution in [0.3, 0.4) is 0 Å². The molecule has 0 radical (unpaired) electrons. The smallest absolute Gasteiger partial charge is 0.304 e. The molecule has 48 heavy (non-hydrogen) atoms. The molecule has 1 N–H and O–H groups in total. The van der Waals surface area contributed by atoms with Gasteiger partial charge in [0.25, 0.3) is 0 Å². The van der Waals surface area contributed by atoms with Crippen molar-refractivity contribution in [2.24, 2.45) is 0 Å². The maximum atomic E-state index is 13.9. The first-order valence-corrected chi connectivity index (χ1v) is 18.7. The van der Waals surface area contributed by atoms with E-state index in [-0.39, 0.29) is 46.8 Å². The minimum atomic E-state index is -4.51. The number of nitrogens with zero attached hydrogens (tertiary/aromatic N) is 4. The first-order valence-electron chi connectivity index (χ1n) is 14.1. The maximum Gasteiger partial charge on any atom is 0.304 e. The number of ether oxygens (including phenoxy) is 2. The fourth-order valence-electron chi connectivity index (χ4n) is 5.77. The monoisotopic (exact) mass is 778 g/mol. The zero-order valence-electron chi connectivity index (χ0n) is 24.0. The SMILES string of the molecule is O=C(Cc1nn(-c2ccc(Cl)cc2Cl)c2c1COc1ccsc1-2)Cc1nn(-c2ccc(Cl)cc2Cl)c2c1COc1cc(S(=O)(=O)O)sc1-2. The van der Waals surface area contributed by atoms with E-state index in [1.165, 1.54) is 17.4 Å². The number of ketones is 1. The molecule has 10 nitrogen and oxygen atoms in total. The Bertz CT molecular complexity index is 2430. The van der Waals surface area contributed by atoms with Gasteiger partial charge < -0.3 is 9.47 Å². The number of carbonyl (C=O) groups excluding carboxylic acids is 1. The van der Waals surface area contributed by atoms with Gasteiger partial charge in [0.15, 0.2) is 4.21 Å². The number of fused-ring (bicyclic) bond motifs is 6. The molecule has 0 unspecified atom stereocenters. The van der Waals surface area contributed by atoms with Crippen molar-refractivity contribution < 1.29 is 27.2 Å². The first kappa shape index (κ1) is 31.8. The number of aromatic nitrogens is 4. The van der Waals surface area contributed by atoms with Crippen LogP contribution < -0.4 is 9.47 Å². The molecule has 6 aromatic rings. The van der Waals surface area contributed by atoms with Gasteiger partial charge in [0.1, 0.15) is 30.5 Å². The second kappa shape index (κ2) is 11.9. The van der Waals surface area contributed by atoms with Gasteiger partial charge in [-0.15, -0.1) is 22.7 Å². The van der Waals surface area contributed by atoms with Crippen molar-refractivity contribution in [1.29, 1.82) is 0 Å². The highest BCUT2D eigenvalue weighted by atomic mass is 35.5. The third-order valence-electron chi connectivity index (χ3n) is 7.87. The zero-order chi connectivity index (χ0) is 33.5. The zero-order valence-corrected chi connectivity index (χ0v) is 29.5. The minimum absolute atomic E-state index is 0.00584. The summed E-state index contributed by atoms with van der Waals surface area (Å²) in [7, 11) is -4.51. The van der Waals surface area contributed by atoms with Crippen LogP contribution in [0.2, 0.25) is 20.1 Å². The number of benzene rings is 2. The molecule has 0 saturated heterocycles. The van der Waals surface area contributed by atoms with E-state index in [1.54, 1.807) is 45.8 Å². The lowest BCUT2D eigenvalue weighted by Crippen LogP contribution is -2.13. The molecular formula is C31H18Cl4N4O6S3. The molecule has 0 fully saturated rings. The van der Waals surface area contributed by atoms with Crippen LogP contribution in [0.1, 0.15) is 22.5 Å². The van der Waals surface area contributed by atoms with E-state index < -0.39 is 10.1 Å². The Morgan fingerprint density at radius 3 is 1.88 bits per heavy atom. The maximum absolute atomic E-state index is 13.9. The Kier molecular flexibility index (Phi) is 7.88. The average Bonchev–Trinajstić information content (AvgIpc) is 3.81. The molecule has 0 aliphatic carbocycles. The average molecular weight is 781 g/mol. The van der Waals surface area contributed by atoms with Gasteiger partial charge in [0, 0.05) is 27.2 Å². The summed E-state index contributed by atoms with van der Waals surface area (Å²) in [6.45, 7) is 0.225.